The summed E-state index contributed by atoms with van der Waals surface area (Å²) in [4.78, 5) is 11.9. The van der Waals surface area contributed by atoms with Gasteiger partial charge in [0.15, 0.2) is 0 Å². The lowest BCUT2D eigenvalue weighted by molar-refractivity contribution is -0.162. The number of aliphatic hydroxyl groups excluding tert-OH is 1. The molecule has 2 N–H and O–H groups in total. The zero-order valence-corrected chi connectivity index (χ0v) is 14.6. The van der Waals surface area contributed by atoms with Crippen LogP contribution in [0.15, 0.2) is 15.7 Å². The van der Waals surface area contributed by atoms with Gasteiger partial charge >= 0.3 is 5.97 Å². The van der Waals surface area contributed by atoms with E-state index in [2.05, 4.69) is 0 Å². The molecule has 0 bridgehead atoms. The first kappa shape index (κ1) is 16.9. The average Bonchev–Trinajstić information content (AvgIpc) is 3.18. The molecule has 23 heavy (non-hydrogen) atoms. The predicted molar refractivity (Wildman–Crippen MR) is 85.8 cm³/mol. The number of piperidine rings is 1. The summed E-state index contributed by atoms with van der Waals surface area (Å²) in [7, 11) is -3.71. The molecule has 2 atom stereocenters. The Morgan fingerprint density at radius 2 is 2.13 bits per heavy atom. The molecular weight excluding hydrogens is 338 g/mol. The van der Waals surface area contributed by atoms with E-state index in [0.717, 1.165) is 29.7 Å². The minimum atomic E-state index is -3.71. The molecule has 1 aromatic heterocycles. The van der Waals surface area contributed by atoms with Crippen LogP contribution in [0.3, 0.4) is 0 Å². The highest BCUT2D eigenvalue weighted by Crippen LogP contribution is 2.46. The number of thiophene rings is 1. The fourth-order valence-corrected chi connectivity index (χ4v) is 6.16. The fraction of sp³-hybridized carbons (Fsp3) is 0.667. The number of rotatable bonds is 5. The van der Waals surface area contributed by atoms with Gasteiger partial charge in [0, 0.05) is 13.1 Å². The van der Waals surface area contributed by atoms with Gasteiger partial charge in [-0.05, 0) is 42.7 Å². The maximum atomic E-state index is 12.8. The highest BCUT2D eigenvalue weighted by molar-refractivity contribution is 7.91. The molecule has 3 rings (SSSR count). The van der Waals surface area contributed by atoms with E-state index in [9.17, 15) is 23.4 Å². The first-order valence-corrected chi connectivity index (χ1v) is 10.0. The standard InChI is InChI=1S/C15H21NO5S2/c1-10-6-13(22-8-10)23(20,21)16-5-4-12(17)15(9-16,14(18)19)7-11-2-3-11/h6,8,11-12,17H,2-5,7,9H2,1H3,(H,18,19)/t12-,15-/m0/s1. The molecule has 0 amide bonds. The quantitative estimate of drug-likeness (QED) is 0.834. The molecule has 0 radical (unpaired) electrons. The molecule has 2 aliphatic rings. The summed E-state index contributed by atoms with van der Waals surface area (Å²) in [6.07, 6.45) is 1.41. The normalized spacial score (nSPS) is 29.6. The van der Waals surface area contributed by atoms with Crippen LogP contribution in [0, 0.1) is 18.3 Å². The van der Waals surface area contributed by atoms with Crippen molar-refractivity contribution in [3.8, 4) is 0 Å². The van der Waals surface area contributed by atoms with Crippen molar-refractivity contribution < 1.29 is 23.4 Å². The Bertz CT molecular complexity index is 709. The van der Waals surface area contributed by atoms with Gasteiger partial charge in [-0.2, -0.15) is 4.31 Å². The monoisotopic (exact) mass is 359 g/mol. The van der Waals surface area contributed by atoms with Gasteiger partial charge in [-0.25, -0.2) is 8.42 Å². The molecular formula is C15H21NO5S2. The number of carboxylic acid groups (broad SMARTS) is 1. The third-order valence-electron chi connectivity index (χ3n) is 4.82. The smallest absolute Gasteiger partial charge is 0.313 e. The van der Waals surface area contributed by atoms with Gasteiger partial charge in [0.2, 0.25) is 0 Å². The summed E-state index contributed by atoms with van der Waals surface area (Å²) in [6.45, 7) is 1.82. The van der Waals surface area contributed by atoms with Gasteiger partial charge < -0.3 is 10.2 Å². The zero-order chi connectivity index (χ0) is 16.8. The minimum Gasteiger partial charge on any atom is -0.481 e. The van der Waals surface area contributed by atoms with Crippen LogP contribution in [-0.2, 0) is 14.8 Å². The lowest BCUT2D eigenvalue weighted by atomic mass is 9.74. The molecule has 1 aromatic rings. The molecule has 1 aliphatic heterocycles. The maximum absolute atomic E-state index is 12.8. The van der Waals surface area contributed by atoms with Crippen LogP contribution in [0.5, 0.6) is 0 Å². The van der Waals surface area contributed by atoms with Gasteiger partial charge in [0.1, 0.15) is 9.62 Å². The van der Waals surface area contributed by atoms with Crippen LogP contribution in [0.4, 0.5) is 0 Å². The number of carbonyl (C=O) groups is 1. The van der Waals surface area contributed by atoms with Gasteiger partial charge in [0.05, 0.1) is 6.10 Å². The number of hydrogen-bond acceptors (Lipinski definition) is 5. The van der Waals surface area contributed by atoms with Crippen molar-refractivity contribution in [1.82, 2.24) is 4.31 Å². The lowest BCUT2D eigenvalue weighted by Gasteiger charge is -2.42. The summed E-state index contributed by atoms with van der Waals surface area (Å²) in [5.74, 6) is -0.813. The summed E-state index contributed by atoms with van der Waals surface area (Å²) in [6, 6.07) is 1.61. The predicted octanol–water partition coefficient (Wildman–Crippen LogP) is 1.68. The van der Waals surface area contributed by atoms with E-state index in [-0.39, 0.29) is 29.6 Å². The topological polar surface area (TPSA) is 94.9 Å². The number of carboxylic acids is 1. The molecule has 1 saturated heterocycles. The Kier molecular flexibility index (Phi) is 4.29. The van der Waals surface area contributed by atoms with Crippen LogP contribution in [-0.4, -0.2) is 48.1 Å². The Morgan fingerprint density at radius 3 is 2.65 bits per heavy atom. The number of hydrogen-bond donors (Lipinski definition) is 2. The van der Waals surface area contributed by atoms with Gasteiger partial charge in [-0.1, -0.05) is 12.8 Å². The van der Waals surface area contributed by atoms with Crippen molar-refractivity contribution in [2.75, 3.05) is 13.1 Å². The number of aliphatic carboxylic acids is 1. The highest BCUT2D eigenvalue weighted by atomic mass is 32.2. The van der Waals surface area contributed by atoms with E-state index in [1.165, 1.54) is 4.31 Å². The van der Waals surface area contributed by atoms with Crippen LogP contribution in [0.1, 0.15) is 31.2 Å². The molecule has 1 saturated carbocycles. The van der Waals surface area contributed by atoms with E-state index >= 15 is 0 Å². The number of nitrogens with zero attached hydrogens (tertiary/aromatic N) is 1. The Hall–Kier alpha value is -0.960. The highest BCUT2D eigenvalue weighted by Gasteiger charge is 2.53. The summed E-state index contributed by atoms with van der Waals surface area (Å²) >= 11 is 1.15. The van der Waals surface area contributed by atoms with Crippen LogP contribution < -0.4 is 0 Å². The zero-order valence-electron chi connectivity index (χ0n) is 12.9. The third-order valence-corrected chi connectivity index (χ3v) is 8.20. The Morgan fingerprint density at radius 1 is 1.43 bits per heavy atom. The number of aliphatic hydroxyl groups is 1. The van der Waals surface area contributed by atoms with Crippen molar-refractivity contribution in [2.45, 2.75) is 42.9 Å². The summed E-state index contributed by atoms with van der Waals surface area (Å²) in [5.41, 5.74) is -0.521. The second-order valence-electron chi connectivity index (χ2n) is 6.69. The second kappa shape index (κ2) is 5.84. The van der Waals surface area contributed by atoms with Crippen LogP contribution in [0.2, 0.25) is 0 Å². The molecule has 1 aliphatic carbocycles. The average molecular weight is 359 g/mol. The summed E-state index contributed by atoms with van der Waals surface area (Å²) < 4.78 is 27.0. The third kappa shape index (κ3) is 3.05. The second-order valence-corrected chi connectivity index (χ2v) is 9.77. The molecule has 6 nitrogen and oxygen atoms in total. The minimum absolute atomic E-state index is 0.153. The molecule has 0 unspecified atom stereocenters. The first-order valence-electron chi connectivity index (χ1n) is 7.72. The van der Waals surface area contributed by atoms with E-state index in [1.54, 1.807) is 11.4 Å². The van der Waals surface area contributed by atoms with Gasteiger partial charge in [0.25, 0.3) is 10.0 Å². The first-order chi connectivity index (χ1) is 10.8. The maximum Gasteiger partial charge on any atom is 0.313 e. The van der Waals surface area contributed by atoms with E-state index in [4.69, 9.17) is 0 Å². The summed E-state index contributed by atoms with van der Waals surface area (Å²) in [5, 5.41) is 21.8. The van der Waals surface area contributed by atoms with E-state index < -0.39 is 27.5 Å². The van der Waals surface area contributed by atoms with Crippen LogP contribution >= 0.6 is 11.3 Å². The molecule has 8 heteroatoms. The van der Waals surface area contributed by atoms with Crippen LogP contribution in [0.25, 0.3) is 0 Å². The largest absolute Gasteiger partial charge is 0.481 e. The van der Waals surface area contributed by atoms with E-state index in [1.807, 2.05) is 6.92 Å². The Balaban J connectivity index is 1.91. The molecule has 128 valence electrons. The lowest BCUT2D eigenvalue weighted by Crippen LogP contribution is -2.57. The Labute approximate surface area is 139 Å². The van der Waals surface area contributed by atoms with Crippen molar-refractivity contribution in [1.29, 1.82) is 0 Å². The fourth-order valence-electron chi connectivity index (χ4n) is 3.25. The van der Waals surface area contributed by atoms with Crippen molar-refractivity contribution in [2.24, 2.45) is 11.3 Å². The molecule has 2 heterocycles. The molecule has 0 spiro atoms. The van der Waals surface area contributed by atoms with Crippen molar-refractivity contribution in [3.63, 3.8) is 0 Å². The molecule has 2 fully saturated rings. The number of sulfonamides is 1. The number of aryl methyl sites for hydroxylation is 1. The van der Waals surface area contributed by atoms with E-state index in [0.29, 0.717) is 6.42 Å². The van der Waals surface area contributed by atoms with Crippen molar-refractivity contribution >= 4 is 27.3 Å². The van der Waals surface area contributed by atoms with Gasteiger partial charge in [-0.3, -0.25) is 4.79 Å². The van der Waals surface area contributed by atoms with Gasteiger partial charge in [-0.15, -0.1) is 11.3 Å². The molecule has 0 aromatic carbocycles. The SMILES string of the molecule is Cc1csc(S(=O)(=O)N2CC[C@H](O)[C@@](CC3CC3)(C(=O)O)C2)c1. The van der Waals surface area contributed by atoms with Crippen molar-refractivity contribution in [3.05, 3.63) is 17.0 Å².